The molecule has 92 valence electrons. The van der Waals surface area contributed by atoms with Crippen LogP contribution in [0.2, 0.25) is 0 Å². The smallest absolute Gasteiger partial charge is 0.256 e. The van der Waals surface area contributed by atoms with E-state index in [0.29, 0.717) is 16.2 Å². The summed E-state index contributed by atoms with van der Waals surface area (Å²) in [5.74, 6) is -0.589. The summed E-state index contributed by atoms with van der Waals surface area (Å²) in [7, 11) is 0. The molecule has 1 aromatic heterocycles. The van der Waals surface area contributed by atoms with Gasteiger partial charge in [-0.3, -0.25) is 4.79 Å². The van der Waals surface area contributed by atoms with Gasteiger partial charge in [0, 0.05) is 10.8 Å². The van der Waals surface area contributed by atoms with Crippen LogP contribution in [0.5, 0.6) is 0 Å². The third kappa shape index (κ3) is 1.67. The lowest BCUT2D eigenvalue weighted by molar-refractivity contribution is 0.636. The van der Waals surface area contributed by atoms with Gasteiger partial charge in [-0.25, -0.2) is 4.39 Å². The Morgan fingerprint density at radius 3 is 2.68 bits per heavy atom. The van der Waals surface area contributed by atoms with E-state index in [1.807, 2.05) is 19.1 Å². The van der Waals surface area contributed by atoms with E-state index in [1.165, 1.54) is 0 Å². The largest absolute Gasteiger partial charge is 0.319 e. The van der Waals surface area contributed by atoms with Crippen LogP contribution >= 0.6 is 0 Å². The summed E-state index contributed by atoms with van der Waals surface area (Å²) >= 11 is 0. The Morgan fingerprint density at radius 2 is 1.95 bits per heavy atom. The van der Waals surface area contributed by atoms with Gasteiger partial charge >= 0.3 is 0 Å². The summed E-state index contributed by atoms with van der Waals surface area (Å²) in [6.45, 7) is 1.88. The van der Waals surface area contributed by atoms with Crippen molar-refractivity contribution in [2.45, 2.75) is 6.92 Å². The number of pyridine rings is 1. The average Bonchev–Trinajstić information content (AvgIpc) is 2.40. The average molecular weight is 252 g/mol. The molecule has 2 aromatic carbocycles. The molecule has 0 atom stereocenters. The molecule has 0 aliphatic heterocycles. The van der Waals surface area contributed by atoms with E-state index < -0.39 is 5.82 Å². The molecule has 0 aliphatic rings. The Hall–Kier alpha value is -2.67. The third-order valence-corrected chi connectivity index (χ3v) is 3.17. The van der Waals surface area contributed by atoms with E-state index in [4.69, 9.17) is 5.26 Å². The maximum Gasteiger partial charge on any atom is 0.256 e. The van der Waals surface area contributed by atoms with E-state index in [1.54, 1.807) is 18.2 Å². The summed E-state index contributed by atoms with van der Waals surface area (Å²) in [5, 5.41) is 10.6. The maximum absolute atomic E-state index is 13.9. The SMILES string of the molecule is Cc1ccc2c(c1)c(=O)[nH]c1c(F)cc(C#N)cc12. The number of aromatic amines is 1. The lowest BCUT2D eigenvalue weighted by Gasteiger charge is -2.06. The van der Waals surface area contributed by atoms with Gasteiger partial charge in [-0.05, 0) is 30.5 Å². The number of H-pyrrole nitrogens is 1. The molecular formula is C15H9FN2O. The van der Waals surface area contributed by atoms with E-state index >= 15 is 0 Å². The normalized spacial score (nSPS) is 10.8. The first-order valence-electron chi connectivity index (χ1n) is 5.76. The number of aryl methyl sites for hydroxylation is 1. The molecule has 0 radical (unpaired) electrons. The second-order valence-corrected chi connectivity index (χ2v) is 4.50. The first kappa shape index (κ1) is 11.4. The highest BCUT2D eigenvalue weighted by molar-refractivity contribution is 6.05. The van der Waals surface area contributed by atoms with Crippen molar-refractivity contribution in [3.8, 4) is 6.07 Å². The van der Waals surface area contributed by atoms with Crippen molar-refractivity contribution in [3.05, 3.63) is 57.6 Å². The molecular weight excluding hydrogens is 243 g/mol. The lowest BCUT2D eigenvalue weighted by atomic mass is 10.0. The molecule has 0 saturated carbocycles. The number of nitrogens with zero attached hydrogens (tertiary/aromatic N) is 1. The number of aromatic nitrogens is 1. The molecule has 0 fully saturated rings. The highest BCUT2D eigenvalue weighted by Gasteiger charge is 2.10. The summed E-state index contributed by atoms with van der Waals surface area (Å²) in [5.41, 5.74) is 1.00. The van der Waals surface area contributed by atoms with Crippen LogP contribution in [0.1, 0.15) is 11.1 Å². The van der Waals surface area contributed by atoms with E-state index in [0.717, 1.165) is 11.6 Å². The lowest BCUT2D eigenvalue weighted by Crippen LogP contribution is -2.07. The Balaban J connectivity index is 2.63. The zero-order chi connectivity index (χ0) is 13.6. The second kappa shape index (κ2) is 3.92. The number of hydrogen-bond donors (Lipinski definition) is 1. The van der Waals surface area contributed by atoms with Crippen molar-refractivity contribution in [2.24, 2.45) is 0 Å². The molecule has 1 heterocycles. The minimum absolute atomic E-state index is 0.139. The molecule has 0 amide bonds. The van der Waals surface area contributed by atoms with Gasteiger partial charge in [-0.2, -0.15) is 5.26 Å². The summed E-state index contributed by atoms with van der Waals surface area (Å²) in [6.07, 6.45) is 0. The minimum Gasteiger partial charge on any atom is -0.319 e. The van der Waals surface area contributed by atoms with Crippen molar-refractivity contribution < 1.29 is 4.39 Å². The van der Waals surface area contributed by atoms with Crippen LogP contribution in [-0.4, -0.2) is 4.98 Å². The van der Waals surface area contributed by atoms with Gasteiger partial charge in [-0.1, -0.05) is 17.7 Å². The number of nitriles is 1. The molecule has 4 heteroatoms. The predicted molar refractivity (Wildman–Crippen MR) is 71.5 cm³/mol. The Morgan fingerprint density at radius 1 is 1.16 bits per heavy atom. The van der Waals surface area contributed by atoms with Crippen LogP contribution < -0.4 is 5.56 Å². The second-order valence-electron chi connectivity index (χ2n) is 4.50. The highest BCUT2D eigenvalue weighted by Crippen LogP contribution is 2.25. The molecule has 0 saturated heterocycles. The number of benzene rings is 2. The monoisotopic (exact) mass is 252 g/mol. The number of halogens is 1. The van der Waals surface area contributed by atoms with E-state index in [-0.39, 0.29) is 16.6 Å². The van der Waals surface area contributed by atoms with Gasteiger partial charge in [0.1, 0.15) is 5.82 Å². The van der Waals surface area contributed by atoms with Gasteiger partial charge in [0.25, 0.3) is 5.56 Å². The van der Waals surface area contributed by atoms with E-state index in [9.17, 15) is 9.18 Å². The van der Waals surface area contributed by atoms with E-state index in [2.05, 4.69) is 4.98 Å². The number of nitrogens with one attached hydrogen (secondary N) is 1. The summed E-state index contributed by atoms with van der Waals surface area (Å²) < 4.78 is 13.9. The quantitative estimate of drug-likeness (QED) is 0.625. The third-order valence-electron chi connectivity index (χ3n) is 3.17. The molecule has 0 unspecified atom stereocenters. The molecule has 3 rings (SSSR count). The Bertz CT molecular complexity index is 919. The molecule has 0 bridgehead atoms. The van der Waals surface area contributed by atoms with Crippen molar-refractivity contribution in [1.82, 2.24) is 4.98 Å². The van der Waals surface area contributed by atoms with Crippen LogP contribution in [0.4, 0.5) is 4.39 Å². The molecule has 0 aliphatic carbocycles. The van der Waals surface area contributed by atoms with Crippen molar-refractivity contribution in [1.29, 1.82) is 5.26 Å². The topological polar surface area (TPSA) is 56.6 Å². The summed E-state index contributed by atoms with van der Waals surface area (Å²) in [6, 6.07) is 10.0. The fraction of sp³-hybridized carbons (Fsp3) is 0.0667. The molecule has 1 N–H and O–H groups in total. The zero-order valence-electron chi connectivity index (χ0n) is 10.1. The van der Waals surface area contributed by atoms with Crippen LogP contribution in [0.3, 0.4) is 0 Å². The summed E-state index contributed by atoms with van der Waals surface area (Å²) in [4.78, 5) is 14.5. The van der Waals surface area contributed by atoms with Gasteiger partial charge in [0.05, 0.1) is 17.1 Å². The van der Waals surface area contributed by atoms with Crippen molar-refractivity contribution in [3.63, 3.8) is 0 Å². The number of fused-ring (bicyclic) bond motifs is 3. The molecule has 0 spiro atoms. The van der Waals surface area contributed by atoms with Crippen LogP contribution in [-0.2, 0) is 0 Å². The van der Waals surface area contributed by atoms with Crippen molar-refractivity contribution in [2.75, 3.05) is 0 Å². The zero-order valence-corrected chi connectivity index (χ0v) is 10.1. The fourth-order valence-electron chi connectivity index (χ4n) is 2.27. The Kier molecular flexibility index (Phi) is 2.36. The van der Waals surface area contributed by atoms with Gasteiger partial charge < -0.3 is 4.98 Å². The molecule has 3 aromatic rings. The standard InChI is InChI=1S/C15H9FN2O/c1-8-2-3-10-11-5-9(7-17)6-13(16)14(11)18-15(19)12(10)4-8/h2-6H,1H3,(H,18,19). The van der Waals surface area contributed by atoms with Gasteiger partial charge in [-0.15, -0.1) is 0 Å². The Labute approximate surface area is 107 Å². The van der Waals surface area contributed by atoms with Crippen LogP contribution in [0.15, 0.2) is 35.1 Å². The maximum atomic E-state index is 13.9. The highest BCUT2D eigenvalue weighted by atomic mass is 19.1. The van der Waals surface area contributed by atoms with Crippen LogP contribution in [0.25, 0.3) is 21.7 Å². The number of hydrogen-bond acceptors (Lipinski definition) is 2. The van der Waals surface area contributed by atoms with Gasteiger partial charge in [0.2, 0.25) is 0 Å². The van der Waals surface area contributed by atoms with Crippen LogP contribution in [0, 0.1) is 24.1 Å². The number of rotatable bonds is 0. The van der Waals surface area contributed by atoms with Crippen molar-refractivity contribution >= 4 is 21.7 Å². The first-order chi connectivity index (χ1) is 9.10. The first-order valence-corrected chi connectivity index (χ1v) is 5.76. The molecule has 19 heavy (non-hydrogen) atoms. The minimum atomic E-state index is -0.589. The predicted octanol–water partition coefficient (Wildman–Crippen LogP) is 3.00. The fourth-order valence-corrected chi connectivity index (χ4v) is 2.27. The molecule has 3 nitrogen and oxygen atoms in total. The van der Waals surface area contributed by atoms with Gasteiger partial charge in [0.15, 0.2) is 0 Å².